The van der Waals surface area contributed by atoms with E-state index < -0.39 is 5.97 Å². The zero-order valence-electron chi connectivity index (χ0n) is 20.6. The van der Waals surface area contributed by atoms with Crippen LogP contribution in [-0.4, -0.2) is 11.8 Å². The molecule has 4 nitrogen and oxygen atoms in total. The second kappa shape index (κ2) is 8.60. The molecule has 0 spiro atoms. The molecule has 0 saturated heterocycles. The van der Waals surface area contributed by atoms with Gasteiger partial charge in [0.15, 0.2) is 5.76 Å². The van der Waals surface area contributed by atoms with Crippen molar-refractivity contribution in [2.45, 2.75) is 52.4 Å². The van der Waals surface area contributed by atoms with E-state index in [2.05, 4.69) is 53.7 Å². The molecule has 1 aliphatic heterocycles. The third-order valence-electron chi connectivity index (χ3n) is 5.91. The zero-order chi connectivity index (χ0) is 24.7. The highest BCUT2D eigenvalue weighted by molar-refractivity contribution is 6.14. The highest BCUT2D eigenvalue weighted by Crippen LogP contribution is 2.35. The van der Waals surface area contributed by atoms with E-state index in [1.165, 1.54) is 5.56 Å². The van der Waals surface area contributed by atoms with E-state index in [0.29, 0.717) is 22.6 Å². The van der Waals surface area contributed by atoms with E-state index in [1.54, 1.807) is 36.4 Å². The number of esters is 1. The molecule has 0 atom stereocenters. The van der Waals surface area contributed by atoms with Gasteiger partial charge in [0.25, 0.3) is 0 Å². The van der Waals surface area contributed by atoms with Gasteiger partial charge in [0.2, 0.25) is 5.78 Å². The van der Waals surface area contributed by atoms with Crippen molar-refractivity contribution in [2.24, 2.45) is 0 Å². The summed E-state index contributed by atoms with van der Waals surface area (Å²) in [5, 5.41) is 0. The van der Waals surface area contributed by atoms with E-state index in [0.717, 1.165) is 11.1 Å². The smallest absolute Gasteiger partial charge is 0.343 e. The summed E-state index contributed by atoms with van der Waals surface area (Å²) in [5.74, 6) is 0.313. The molecule has 34 heavy (non-hydrogen) atoms. The zero-order valence-corrected chi connectivity index (χ0v) is 20.6. The quantitative estimate of drug-likeness (QED) is 0.240. The molecule has 1 aliphatic rings. The Morgan fingerprint density at radius 3 is 1.91 bits per heavy atom. The Kier molecular flexibility index (Phi) is 5.94. The molecule has 0 unspecified atom stereocenters. The number of rotatable bonds is 3. The van der Waals surface area contributed by atoms with Crippen LogP contribution in [0.15, 0.2) is 72.5 Å². The molecule has 0 amide bonds. The van der Waals surface area contributed by atoms with Gasteiger partial charge in [0.1, 0.15) is 11.5 Å². The fourth-order valence-electron chi connectivity index (χ4n) is 3.73. The first-order valence-corrected chi connectivity index (χ1v) is 11.4. The van der Waals surface area contributed by atoms with Crippen molar-refractivity contribution in [2.75, 3.05) is 0 Å². The molecule has 0 radical (unpaired) electrons. The van der Waals surface area contributed by atoms with Gasteiger partial charge in [-0.3, -0.25) is 4.79 Å². The SMILES string of the molecule is CC(C)(C)c1ccc(C=C2Oc3cc(OC(=O)c4ccc(C(C)(C)C)cc4)ccc3C2=O)cc1. The molecule has 4 heteroatoms. The van der Waals surface area contributed by atoms with Gasteiger partial charge < -0.3 is 9.47 Å². The molecule has 0 aromatic heterocycles. The fraction of sp³-hybridized carbons (Fsp3) is 0.267. The first-order chi connectivity index (χ1) is 15.9. The average molecular weight is 455 g/mol. The normalized spacial score (nSPS) is 14.6. The lowest BCUT2D eigenvalue weighted by atomic mass is 9.86. The average Bonchev–Trinajstić information content (AvgIpc) is 3.07. The summed E-state index contributed by atoms with van der Waals surface area (Å²) in [5.41, 5.74) is 4.22. The molecule has 0 fully saturated rings. The Balaban J connectivity index is 1.49. The summed E-state index contributed by atoms with van der Waals surface area (Å²) in [7, 11) is 0. The molecular weight excluding hydrogens is 424 g/mol. The van der Waals surface area contributed by atoms with Crippen LogP contribution in [0.5, 0.6) is 11.5 Å². The van der Waals surface area contributed by atoms with Gasteiger partial charge >= 0.3 is 5.97 Å². The van der Waals surface area contributed by atoms with Gasteiger partial charge in [0, 0.05) is 6.07 Å². The molecule has 1 heterocycles. The van der Waals surface area contributed by atoms with Crippen LogP contribution in [0.3, 0.4) is 0 Å². The Bertz CT molecular complexity index is 1270. The molecular formula is C30H30O4. The van der Waals surface area contributed by atoms with Crippen LogP contribution in [0.2, 0.25) is 0 Å². The number of carbonyl (C=O) groups excluding carboxylic acids is 2. The fourth-order valence-corrected chi connectivity index (χ4v) is 3.73. The second-order valence-electron chi connectivity index (χ2n) is 10.7. The summed E-state index contributed by atoms with van der Waals surface area (Å²) in [6, 6.07) is 20.3. The minimum absolute atomic E-state index is 0.00610. The number of ether oxygens (including phenoxy) is 2. The topological polar surface area (TPSA) is 52.6 Å². The van der Waals surface area contributed by atoms with Crippen molar-refractivity contribution in [3.05, 3.63) is 100 Å². The minimum Gasteiger partial charge on any atom is -0.452 e. The number of Topliss-reactive ketones (excluding diaryl/α,β-unsaturated/α-hetero) is 1. The first-order valence-electron chi connectivity index (χ1n) is 11.4. The van der Waals surface area contributed by atoms with Gasteiger partial charge in [0.05, 0.1) is 11.1 Å². The van der Waals surface area contributed by atoms with Crippen molar-refractivity contribution in [1.82, 2.24) is 0 Å². The number of benzene rings is 3. The number of hydrogen-bond acceptors (Lipinski definition) is 4. The molecule has 3 aromatic rings. The van der Waals surface area contributed by atoms with E-state index in [-0.39, 0.29) is 22.4 Å². The number of fused-ring (bicyclic) bond motifs is 1. The highest BCUT2D eigenvalue weighted by Gasteiger charge is 2.28. The highest BCUT2D eigenvalue weighted by atomic mass is 16.5. The lowest BCUT2D eigenvalue weighted by Gasteiger charge is -2.18. The van der Waals surface area contributed by atoms with Crippen molar-refractivity contribution in [1.29, 1.82) is 0 Å². The van der Waals surface area contributed by atoms with E-state index in [1.807, 2.05) is 24.3 Å². The third kappa shape index (κ3) is 4.96. The molecule has 3 aromatic carbocycles. The number of carbonyl (C=O) groups is 2. The lowest BCUT2D eigenvalue weighted by Crippen LogP contribution is -2.12. The first kappa shape index (κ1) is 23.5. The number of ketones is 1. The summed E-state index contributed by atoms with van der Waals surface area (Å²) in [6.45, 7) is 12.8. The van der Waals surface area contributed by atoms with Crippen LogP contribution in [-0.2, 0) is 10.8 Å². The predicted molar refractivity (Wildman–Crippen MR) is 135 cm³/mol. The summed E-state index contributed by atoms with van der Waals surface area (Å²) < 4.78 is 11.4. The standard InChI is InChI=1S/C30H30O4/c1-29(2,3)21-11-7-19(8-12-21)17-26-27(31)24-16-15-23(18-25(24)34-26)33-28(32)20-9-13-22(14-10-20)30(4,5)6/h7-18H,1-6H3. The van der Waals surface area contributed by atoms with Crippen LogP contribution in [0.1, 0.15) is 78.9 Å². The molecule has 174 valence electrons. The van der Waals surface area contributed by atoms with Crippen LogP contribution in [0.25, 0.3) is 6.08 Å². The largest absolute Gasteiger partial charge is 0.452 e. The van der Waals surface area contributed by atoms with Crippen molar-refractivity contribution < 1.29 is 19.1 Å². The maximum absolute atomic E-state index is 12.8. The van der Waals surface area contributed by atoms with Gasteiger partial charge in [-0.05, 0) is 57.9 Å². The molecule has 4 rings (SSSR count). The molecule has 0 bridgehead atoms. The van der Waals surface area contributed by atoms with Gasteiger partial charge in [-0.2, -0.15) is 0 Å². The van der Waals surface area contributed by atoms with Crippen LogP contribution < -0.4 is 9.47 Å². The predicted octanol–water partition coefficient (Wildman–Crippen LogP) is 7.12. The summed E-state index contributed by atoms with van der Waals surface area (Å²) >= 11 is 0. The van der Waals surface area contributed by atoms with Crippen molar-refractivity contribution in [3.8, 4) is 11.5 Å². The maximum Gasteiger partial charge on any atom is 0.343 e. The molecule has 0 saturated carbocycles. The molecule has 0 aliphatic carbocycles. The maximum atomic E-state index is 12.8. The monoisotopic (exact) mass is 454 g/mol. The lowest BCUT2D eigenvalue weighted by molar-refractivity contribution is 0.0734. The summed E-state index contributed by atoms with van der Waals surface area (Å²) in [4.78, 5) is 25.4. The van der Waals surface area contributed by atoms with Gasteiger partial charge in [-0.1, -0.05) is 77.9 Å². The van der Waals surface area contributed by atoms with Gasteiger partial charge in [-0.15, -0.1) is 0 Å². The minimum atomic E-state index is -0.459. The van der Waals surface area contributed by atoms with Crippen molar-refractivity contribution in [3.63, 3.8) is 0 Å². The number of hydrogen-bond donors (Lipinski definition) is 0. The van der Waals surface area contributed by atoms with Gasteiger partial charge in [-0.25, -0.2) is 4.79 Å². The number of allylic oxidation sites excluding steroid dienone is 1. The van der Waals surface area contributed by atoms with E-state index in [9.17, 15) is 9.59 Å². The second-order valence-corrected chi connectivity index (χ2v) is 10.7. The molecule has 0 N–H and O–H groups in total. The Morgan fingerprint density at radius 2 is 1.35 bits per heavy atom. The third-order valence-corrected chi connectivity index (χ3v) is 5.91. The van der Waals surface area contributed by atoms with E-state index >= 15 is 0 Å². The Labute approximate surface area is 201 Å². The summed E-state index contributed by atoms with van der Waals surface area (Å²) in [6.07, 6.45) is 1.73. The Hall–Kier alpha value is -3.66. The van der Waals surface area contributed by atoms with Crippen LogP contribution in [0, 0.1) is 0 Å². The Morgan fingerprint density at radius 1 is 0.794 bits per heavy atom. The van der Waals surface area contributed by atoms with Crippen LogP contribution >= 0.6 is 0 Å². The van der Waals surface area contributed by atoms with Crippen molar-refractivity contribution >= 4 is 17.8 Å². The van der Waals surface area contributed by atoms with Crippen LogP contribution in [0.4, 0.5) is 0 Å². The van der Waals surface area contributed by atoms with E-state index in [4.69, 9.17) is 9.47 Å².